The summed E-state index contributed by atoms with van der Waals surface area (Å²) in [6.07, 6.45) is -5.21. The molecule has 0 unspecified atom stereocenters. The summed E-state index contributed by atoms with van der Waals surface area (Å²) in [5, 5.41) is 8.35. The second-order valence-corrected chi connectivity index (χ2v) is 2.27. The maximum atomic E-state index is 11.9. The highest BCUT2D eigenvalue weighted by molar-refractivity contribution is 6.19. The molecule has 0 rings (SSSR count). The van der Waals surface area contributed by atoms with E-state index in [1.165, 1.54) is 0 Å². The van der Waals surface area contributed by atoms with E-state index in [1.54, 1.807) is 0 Å². The SMILES string of the molecule is COC(C)=C(C(=O)O)C(=O)C(F)(F)F. The molecule has 0 aromatic rings. The Hall–Kier alpha value is -1.53. The van der Waals surface area contributed by atoms with E-state index in [-0.39, 0.29) is 0 Å². The highest BCUT2D eigenvalue weighted by Gasteiger charge is 2.44. The van der Waals surface area contributed by atoms with E-state index in [1.807, 2.05) is 0 Å². The quantitative estimate of drug-likeness (QED) is 0.329. The number of aliphatic carboxylic acids is 1. The molecule has 0 heterocycles. The van der Waals surface area contributed by atoms with Gasteiger partial charge in [0.2, 0.25) is 0 Å². The van der Waals surface area contributed by atoms with Crippen LogP contribution in [0.3, 0.4) is 0 Å². The maximum absolute atomic E-state index is 11.9. The summed E-state index contributed by atoms with van der Waals surface area (Å²) in [5.41, 5.74) is -1.40. The van der Waals surface area contributed by atoms with Crippen molar-refractivity contribution in [3.8, 4) is 0 Å². The minimum Gasteiger partial charge on any atom is -0.500 e. The lowest BCUT2D eigenvalue weighted by molar-refractivity contribution is -0.168. The number of alkyl halides is 3. The maximum Gasteiger partial charge on any atom is 0.455 e. The molecule has 0 radical (unpaired) electrons. The fourth-order valence-electron chi connectivity index (χ4n) is 0.651. The van der Waals surface area contributed by atoms with Gasteiger partial charge in [0.05, 0.1) is 7.11 Å². The highest BCUT2D eigenvalue weighted by atomic mass is 19.4. The van der Waals surface area contributed by atoms with Gasteiger partial charge in [0, 0.05) is 0 Å². The third-order valence-corrected chi connectivity index (χ3v) is 1.36. The molecule has 0 aliphatic carbocycles. The third kappa shape index (κ3) is 2.75. The number of halogens is 3. The Balaban J connectivity index is 5.28. The molecule has 0 atom stereocenters. The number of Topliss-reactive ketones (excluding diaryl/α,β-unsaturated/α-hetero) is 1. The van der Waals surface area contributed by atoms with Gasteiger partial charge in [-0.3, -0.25) is 4.79 Å². The number of hydrogen-bond acceptors (Lipinski definition) is 3. The van der Waals surface area contributed by atoms with E-state index < -0.39 is 29.3 Å². The first-order valence-electron chi connectivity index (χ1n) is 3.31. The van der Waals surface area contributed by atoms with Crippen molar-refractivity contribution < 1.29 is 32.6 Å². The number of allylic oxidation sites excluding steroid dienone is 1. The van der Waals surface area contributed by atoms with Gasteiger partial charge in [0.1, 0.15) is 11.3 Å². The van der Waals surface area contributed by atoms with Crippen LogP contribution < -0.4 is 0 Å². The van der Waals surface area contributed by atoms with E-state index >= 15 is 0 Å². The largest absolute Gasteiger partial charge is 0.500 e. The fourth-order valence-corrected chi connectivity index (χ4v) is 0.651. The Morgan fingerprint density at radius 1 is 1.29 bits per heavy atom. The molecule has 80 valence electrons. The number of carboxylic acid groups (broad SMARTS) is 1. The predicted octanol–water partition coefficient (Wildman–Crippen LogP) is 1.12. The number of carbonyl (C=O) groups excluding carboxylic acids is 1. The van der Waals surface area contributed by atoms with Crippen molar-refractivity contribution in [1.82, 2.24) is 0 Å². The van der Waals surface area contributed by atoms with Gasteiger partial charge in [-0.2, -0.15) is 13.2 Å². The fraction of sp³-hybridized carbons (Fsp3) is 0.429. The van der Waals surface area contributed by atoms with Crippen molar-refractivity contribution in [1.29, 1.82) is 0 Å². The summed E-state index contributed by atoms with van der Waals surface area (Å²) in [7, 11) is 0.974. The Bertz CT molecular complexity index is 290. The summed E-state index contributed by atoms with van der Waals surface area (Å²) >= 11 is 0. The number of hydrogen-bond donors (Lipinski definition) is 1. The summed E-state index contributed by atoms with van der Waals surface area (Å²) in [6, 6.07) is 0. The van der Waals surface area contributed by atoms with Gasteiger partial charge in [-0.25, -0.2) is 4.79 Å². The third-order valence-electron chi connectivity index (χ3n) is 1.36. The zero-order valence-corrected chi connectivity index (χ0v) is 7.31. The van der Waals surface area contributed by atoms with Crippen molar-refractivity contribution in [2.75, 3.05) is 7.11 Å². The van der Waals surface area contributed by atoms with Crippen LogP contribution in [0.25, 0.3) is 0 Å². The second-order valence-electron chi connectivity index (χ2n) is 2.27. The van der Waals surface area contributed by atoms with E-state index in [2.05, 4.69) is 4.74 Å². The van der Waals surface area contributed by atoms with E-state index in [4.69, 9.17) is 5.11 Å². The van der Waals surface area contributed by atoms with Crippen LogP contribution in [0.4, 0.5) is 13.2 Å². The normalized spacial score (nSPS) is 13.2. The van der Waals surface area contributed by atoms with Crippen molar-refractivity contribution in [3.63, 3.8) is 0 Å². The standard InChI is InChI=1S/C7H7F3O4/c1-3(14-2)4(6(12)13)5(11)7(8,9)10/h1-2H3,(H,12,13). The first-order valence-corrected chi connectivity index (χ1v) is 3.31. The lowest BCUT2D eigenvalue weighted by Gasteiger charge is -2.08. The van der Waals surface area contributed by atoms with Gasteiger partial charge in [-0.1, -0.05) is 0 Å². The summed E-state index contributed by atoms with van der Waals surface area (Å²) in [6.45, 7) is 0.965. The zero-order chi connectivity index (χ0) is 11.5. The van der Waals surface area contributed by atoms with Gasteiger partial charge in [-0.15, -0.1) is 0 Å². The van der Waals surface area contributed by atoms with Crippen LogP contribution in [-0.4, -0.2) is 30.1 Å². The monoisotopic (exact) mass is 212 g/mol. The van der Waals surface area contributed by atoms with Gasteiger partial charge in [0.15, 0.2) is 0 Å². The molecule has 0 spiro atoms. The van der Waals surface area contributed by atoms with Crippen molar-refractivity contribution in [2.24, 2.45) is 0 Å². The molecule has 7 heteroatoms. The first kappa shape index (κ1) is 12.5. The predicted molar refractivity (Wildman–Crippen MR) is 38.4 cm³/mol. The Morgan fingerprint density at radius 3 is 1.93 bits per heavy atom. The Kier molecular flexibility index (Phi) is 3.67. The van der Waals surface area contributed by atoms with Gasteiger partial charge >= 0.3 is 12.1 Å². The number of carboxylic acids is 1. The second kappa shape index (κ2) is 4.12. The first-order chi connectivity index (χ1) is 6.21. The molecule has 0 aromatic carbocycles. The molecule has 4 nitrogen and oxygen atoms in total. The molecule has 0 fully saturated rings. The Morgan fingerprint density at radius 2 is 1.71 bits per heavy atom. The molecule has 0 saturated carbocycles. The van der Waals surface area contributed by atoms with Crippen LogP contribution in [0.2, 0.25) is 0 Å². The topological polar surface area (TPSA) is 63.6 Å². The number of ketones is 1. The number of rotatable bonds is 3. The van der Waals surface area contributed by atoms with Crippen molar-refractivity contribution in [2.45, 2.75) is 13.1 Å². The average molecular weight is 212 g/mol. The smallest absolute Gasteiger partial charge is 0.455 e. The van der Waals surface area contributed by atoms with Gasteiger partial charge in [0.25, 0.3) is 5.78 Å². The van der Waals surface area contributed by atoms with Gasteiger partial charge in [-0.05, 0) is 6.92 Å². The van der Waals surface area contributed by atoms with Crippen LogP contribution in [-0.2, 0) is 14.3 Å². The number of carbonyl (C=O) groups is 2. The summed E-state index contributed by atoms with van der Waals surface area (Å²) in [4.78, 5) is 20.9. The molecule has 0 aromatic heterocycles. The van der Waals surface area contributed by atoms with Crippen LogP contribution in [0.1, 0.15) is 6.92 Å². The molecular formula is C7H7F3O4. The van der Waals surface area contributed by atoms with Crippen LogP contribution >= 0.6 is 0 Å². The van der Waals surface area contributed by atoms with E-state index in [0.29, 0.717) is 0 Å². The molecule has 0 aliphatic heterocycles. The zero-order valence-electron chi connectivity index (χ0n) is 7.31. The number of methoxy groups -OCH3 is 1. The Labute approximate surface area is 77.0 Å². The lowest BCUT2D eigenvalue weighted by Crippen LogP contribution is -2.29. The van der Waals surface area contributed by atoms with Crippen molar-refractivity contribution >= 4 is 11.8 Å². The molecule has 14 heavy (non-hydrogen) atoms. The van der Waals surface area contributed by atoms with Gasteiger partial charge < -0.3 is 9.84 Å². The van der Waals surface area contributed by atoms with Crippen LogP contribution in [0, 0.1) is 0 Å². The summed E-state index contributed by atoms with van der Waals surface area (Å²) in [5.74, 6) is -4.98. The van der Waals surface area contributed by atoms with E-state index in [0.717, 1.165) is 14.0 Å². The minimum absolute atomic E-state index is 0.583. The average Bonchev–Trinajstić information content (AvgIpc) is 2.01. The van der Waals surface area contributed by atoms with Crippen LogP contribution in [0.15, 0.2) is 11.3 Å². The molecule has 0 aliphatic rings. The number of ether oxygens (including phenoxy) is 1. The van der Waals surface area contributed by atoms with E-state index in [9.17, 15) is 22.8 Å². The molecule has 0 saturated heterocycles. The molecule has 0 bridgehead atoms. The van der Waals surface area contributed by atoms with Crippen molar-refractivity contribution in [3.05, 3.63) is 11.3 Å². The molecule has 1 N–H and O–H groups in total. The molecule has 0 amide bonds. The molecular weight excluding hydrogens is 205 g/mol. The minimum atomic E-state index is -5.21. The van der Waals surface area contributed by atoms with Crippen LogP contribution in [0.5, 0.6) is 0 Å². The highest BCUT2D eigenvalue weighted by Crippen LogP contribution is 2.22. The lowest BCUT2D eigenvalue weighted by atomic mass is 10.1. The summed E-state index contributed by atoms with van der Waals surface area (Å²) < 4.78 is 39.8.